The number of rotatable bonds is 5. The molecule has 0 bridgehead atoms. The van der Waals surface area contributed by atoms with Crippen LogP contribution >= 0.6 is 11.6 Å². The van der Waals surface area contributed by atoms with Crippen molar-refractivity contribution in [1.82, 2.24) is 0 Å². The van der Waals surface area contributed by atoms with Crippen LogP contribution in [-0.2, 0) is 19.9 Å². The van der Waals surface area contributed by atoms with Gasteiger partial charge < -0.3 is 9.47 Å². The molecule has 1 aromatic carbocycles. The van der Waals surface area contributed by atoms with Crippen molar-refractivity contribution in [2.24, 2.45) is 0 Å². The van der Waals surface area contributed by atoms with E-state index >= 15 is 0 Å². The molecule has 1 fully saturated rings. The van der Waals surface area contributed by atoms with Crippen molar-refractivity contribution in [3.8, 4) is 0 Å². The van der Waals surface area contributed by atoms with Crippen LogP contribution in [0.2, 0.25) is 5.02 Å². The van der Waals surface area contributed by atoms with E-state index in [0.717, 1.165) is 18.4 Å². The van der Waals surface area contributed by atoms with E-state index in [1.807, 2.05) is 19.1 Å². The van der Waals surface area contributed by atoms with Gasteiger partial charge in [-0.05, 0) is 31.0 Å². The number of ether oxygens (including phenoxy) is 2. The summed E-state index contributed by atoms with van der Waals surface area (Å²) in [6.45, 7) is 4.41. The molecule has 0 N–H and O–H groups in total. The van der Waals surface area contributed by atoms with E-state index in [1.165, 1.54) is 0 Å². The van der Waals surface area contributed by atoms with Gasteiger partial charge in [0.1, 0.15) is 5.60 Å². The average Bonchev–Trinajstić information content (AvgIpc) is 3.04. The molecule has 0 saturated carbocycles. The molecule has 4 heteroatoms. The Morgan fingerprint density at radius 2 is 2.11 bits per heavy atom. The van der Waals surface area contributed by atoms with E-state index in [9.17, 15) is 4.79 Å². The lowest BCUT2D eigenvalue weighted by Gasteiger charge is -2.07. The molecule has 98 valence electrons. The predicted molar refractivity (Wildman–Crippen MR) is 69.5 cm³/mol. The highest BCUT2D eigenvalue weighted by Crippen LogP contribution is 2.46. The zero-order valence-corrected chi connectivity index (χ0v) is 11.4. The highest BCUT2D eigenvalue weighted by molar-refractivity contribution is 6.30. The summed E-state index contributed by atoms with van der Waals surface area (Å²) < 4.78 is 10.7. The molecule has 1 heterocycles. The Kier molecular flexibility index (Phi) is 3.93. The number of hydrogen-bond donors (Lipinski definition) is 0. The third kappa shape index (κ3) is 2.68. The van der Waals surface area contributed by atoms with Crippen LogP contribution in [0.25, 0.3) is 0 Å². The van der Waals surface area contributed by atoms with Gasteiger partial charge in [-0.1, -0.05) is 37.1 Å². The first kappa shape index (κ1) is 13.4. The number of esters is 1. The summed E-state index contributed by atoms with van der Waals surface area (Å²) in [5.74, 6) is -0.277. The normalized spacial score (nSPS) is 25.8. The van der Waals surface area contributed by atoms with Crippen molar-refractivity contribution in [1.29, 1.82) is 0 Å². The monoisotopic (exact) mass is 268 g/mol. The van der Waals surface area contributed by atoms with Crippen molar-refractivity contribution < 1.29 is 14.3 Å². The van der Waals surface area contributed by atoms with Gasteiger partial charge in [0.25, 0.3) is 0 Å². The summed E-state index contributed by atoms with van der Waals surface area (Å²) in [6, 6.07) is 7.34. The summed E-state index contributed by atoms with van der Waals surface area (Å²) >= 11 is 5.83. The largest absolute Gasteiger partial charge is 0.464 e. The number of hydrogen-bond acceptors (Lipinski definition) is 3. The highest BCUT2D eigenvalue weighted by atomic mass is 35.5. The molecule has 1 saturated heterocycles. The van der Waals surface area contributed by atoms with Crippen LogP contribution in [0.1, 0.15) is 32.3 Å². The van der Waals surface area contributed by atoms with Crippen molar-refractivity contribution in [2.75, 3.05) is 6.61 Å². The molecule has 0 aromatic heterocycles. The second-order valence-corrected chi connectivity index (χ2v) is 5.07. The number of carbonyl (C=O) groups is 1. The van der Waals surface area contributed by atoms with E-state index in [4.69, 9.17) is 21.1 Å². The molecule has 1 aliphatic heterocycles. The quantitative estimate of drug-likeness (QED) is 0.467. The van der Waals surface area contributed by atoms with Gasteiger partial charge in [0.2, 0.25) is 0 Å². The first-order valence-corrected chi connectivity index (χ1v) is 6.56. The minimum atomic E-state index is -0.562. The fourth-order valence-electron chi connectivity index (χ4n) is 1.88. The van der Waals surface area contributed by atoms with E-state index in [-0.39, 0.29) is 5.97 Å². The Labute approximate surface area is 112 Å². The maximum absolute atomic E-state index is 11.8. The van der Waals surface area contributed by atoms with Crippen molar-refractivity contribution in [3.63, 3.8) is 0 Å². The second kappa shape index (κ2) is 5.29. The second-order valence-electron chi connectivity index (χ2n) is 4.63. The summed E-state index contributed by atoms with van der Waals surface area (Å²) in [6.07, 6.45) is 1.40. The van der Waals surface area contributed by atoms with Crippen LogP contribution in [0.4, 0.5) is 0 Å². The van der Waals surface area contributed by atoms with Crippen LogP contribution in [0.15, 0.2) is 24.3 Å². The Bertz CT molecular complexity index is 429. The lowest BCUT2D eigenvalue weighted by molar-refractivity contribution is -0.145. The van der Waals surface area contributed by atoms with Gasteiger partial charge in [-0.3, -0.25) is 0 Å². The molecule has 2 atom stereocenters. The molecule has 1 aromatic rings. The zero-order chi connectivity index (χ0) is 13.2. The average molecular weight is 269 g/mol. The highest BCUT2D eigenvalue weighted by Gasteiger charge is 2.59. The standard InChI is InChI=1S/C14H17ClO3/c1-3-4-9-17-13(16)12-14(2,18-12)10-5-7-11(15)8-6-10/h5-8,12H,3-4,9H2,1-2H3/t12-,14-/m0/s1. The van der Waals surface area contributed by atoms with Gasteiger partial charge >= 0.3 is 5.97 Å². The van der Waals surface area contributed by atoms with Crippen molar-refractivity contribution in [3.05, 3.63) is 34.9 Å². The van der Waals surface area contributed by atoms with Gasteiger partial charge in [-0.15, -0.1) is 0 Å². The Morgan fingerprint density at radius 3 is 2.72 bits per heavy atom. The fourth-order valence-corrected chi connectivity index (χ4v) is 2.00. The van der Waals surface area contributed by atoms with Gasteiger partial charge in [0.15, 0.2) is 6.10 Å². The van der Waals surface area contributed by atoms with Gasteiger partial charge in [-0.2, -0.15) is 0 Å². The molecule has 1 aliphatic rings. The molecule has 18 heavy (non-hydrogen) atoms. The van der Waals surface area contributed by atoms with Crippen LogP contribution in [0, 0.1) is 0 Å². The van der Waals surface area contributed by atoms with Gasteiger partial charge in [-0.25, -0.2) is 4.79 Å². The zero-order valence-electron chi connectivity index (χ0n) is 10.6. The maximum Gasteiger partial charge on any atom is 0.338 e. The van der Waals surface area contributed by atoms with Gasteiger partial charge in [0.05, 0.1) is 6.61 Å². The molecule has 0 radical (unpaired) electrons. The summed E-state index contributed by atoms with van der Waals surface area (Å²) in [5.41, 5.74) is 0.387. The fraction of sp³-hybridized carbons (Fsp3) is 0.500. The van der Waals surface area contributed by atoms with E-state index < -0.39 is 11.7 Å². The maximum atomic E-state index is 11.8. The molecular formula is C14H17ClO3. The molecule has 3 nitrogen and oxygen atoms in total. The van der Waals surface area contributed by atoms with Crippen LogP contribution < -0.4 is 0 Å². The number of carbonyl (C=O) groups excluding carboxylic acids is 1. The van der Waals surface area contributed by atoms with E-state index in [0.29, 0.717) is 11.6 Å². The van der Waals surface area contributed by atoms with Crippen LogP contribution in [0.5, 0.6) is 0 Å². The first-order valence-electron chi connectivity index (χ1n) is 6.18. The SMILES string of the molecule is CCCCOC(=O)[C@@H]1O[C@@]1(C)c1ccc(Cl)cc1. The Balaban J connectivity index is 1.95. The summed E-state index contributed by atoms with van der Waals surface area (Å²) in [4.78, 5) is 11.8. The number of benzene rings is 1. The van der Waals surface area contributed by atoms with Gasteiger partial charge in [0, 0.05) is 5.02 Å². The molecule has 2 rings (SSSR count). The lowest BCUT2D eigenvalue weighted by Crippen LogP contribution is -2.19. The first-order chi connectivity index (χ1) is 8.58. The topological polar surface area (TPSA) is 38.8 Å². The van der Waals surface area contributed by atoms with Crippen molar-refractivity contribution in [2.45, 2.75) is 38.4 Å². The third-order valence-electron chi connectivity index (χ3n) is 3.18. The molecular weight excluding hydrogens is 252 g/mol. The van der Waals surface area contributed by atoms with E-state index in [1.54, 1.807) is 12.1 Å². The number of epoxide rings is 1. The summed E-state index contributed by atoms with van der Waals surface area (Å²) in [7, 11) is 0. The number of halogens is 1. The predicted octanol–water partition coefficient (Wildman–Crippen LogP) is 3.30. The minimum Gasteiger partial charge on any atom is -0.464 e. The van der Waals surface area contributed by atoms with E-state index in [2.05, 4.69) is 6.92 Å². The Morgan fingerprint density at radius 1 is 1.44 bits per heavy atom. The molecule has 0 spiro atoms. The Hall–Kier alpha value is -1.06. The molecule has 0 unspecified atom stereocenters. The number of unbranched alkanes of at least 4 members (excludes halogenated alkanes) is 1. The third-order valence-corrected chi connectivity index (χ3v) is 3.43. The molecule has 0 aliphatic carbocycles. The van der Waals surface area contributed by atoms with Crippen LogP contribution in [0.3, 0.4) is 0 Å². The van der Waals surface area contributed by atoms with Crippen molar-refractivity contribution >= 4 is 17.6 Å². The minimum absolute atomic E-state index is 0.277. The molecule has 0 amide bonds. The van der Waals surface area contributed by atoms with Crippen LogP contribution in [-0.4, -0.2) is 18.7 Å². The lowest BCUT2D eigenvalue weighted by atomic mass is 9.97. The smallest absolute Gasteiger partial charge is 0.338 e. The summed E-state index contributed by atoms with van der Waals surface area (Å²) in [5, 5.41) is 0.671.